The highest BCUT2D eigenvalue weighted by molar-refractivity contribution is 5.52. The van der Waals surface area contributed by atoms with Gasteiger partial charge in [0.2, 0.25) is 0 Å². The maximum atomic E-state index is 10.3. The molecule has 0 aromatic rings. The molecule has 0 aliphatic rings. The summed E-state index contributed by atoms with van der Waals surface area (Å²) in [5, 5.41) is 0. The Bertz CT molecular complexity index is 120. The molecule has 1 nitrogen and oxygen atoms in total. The summed E-state index contributed by atoms with van der Waals surface area (Å²) in [4.78, 5) is 10.3. The summed E-state index contributed by atoms with van der Waals surface area (Å²) in [6.45, 7) is 4.26. The van der Waals surface area contributed by atoms with E-state index in [4.69, 9.17) is 0 Å². The average Bonchev–Trinajstić information content (AvgIpc) is 2.21. The Hall–Kier alpha value is -0.330. The van der Waals surface area contributed by atoms with Crippen LogP contribution in [0.4, 0.5) is 0 Å². The number of rotatable bonds is 10. The molecule has 0 fully saturated rings. The molecule has 0 rings (SSSR count). The van der Waals surface area contributed by atoms with Crippen LogP contribution < -0.4 is 0 Å². The minimum atomic E-state index is 0.273. The van der Waals surface area contributed by atoms with Gasteiger partial charge in [0.1, 0.15) is 6.29 Å². The van der Waals surface area contributed by atoms with Crippen LogP contribution in [0.1, 0.15) is 71.6 Å². The van der Waals surface area contributed by atoms with Crippen molar-refractivity contribution in [1.82, 2.24) is 0 Å². The van der Waals surface area contributed by atoms with E-state index in [1.54, 1.807) is 0 Å². The molecule has 0 aromatic carbocycles. The summed E-state index contributed by atoms with van der Waals surface area (Å²) >= 11 is 0. The van der Waals surface area contributed by atoms with Gasteiger partial charge < -0.3 is 4.79 Å². The van der Waals surface area contributed by atoms with Crippen molar-refractivity contribution in [2.24, 2.45) is 5.92 Å². The number of carbonyl (C=O) groups is 1. The summed E-state index contributed by atoms with van der Waals surface area (Å²) in [5.41, 5.74) is 0. The van der Waals surface area contributed by atoms with E-state index < -0.39 is 0 Å². The van der Waals surface area contributed by atoms with E-state index >= 15 is 0 Å². The molecule has 0 aliphatic heterocycles. The Morgan fingerprint density at radius 3 is 1.93 bits per heavy atom. The van der Waals surface area contributed by atoms with Gasteiger partial charge in [0.05, 0.1) is 0 Å². The molecule has 14 heavy (non-hydrogen) atoms. The number of unbranched alkanes of at least 4 members (excludes halogenated alkanes) is 7. The average molecular weight is 198 g/mol. The molecule has 0 amide bonds. The standard InChI is InChI=1S/C13H26O/c1-3-4-5-6-7-8-9-10-11-13(2)12-14/h12-13H,3-11H2,1-2H3/t13-/m0/s1. The van der Waals surface area contributed by atoms with Crippen molar-refractivity contribution in [3.8, 4) is 0 Å². The molecule has 0 aliphatic carbocycles. The molecule has 0 saturated carbocycles. The number of aldehydes is 1. The third kappa shape index (κ3) is 9.76. The van der Waals surface area contributed by atoms with Crippen LogP contribution in [0.2, 0.25) is 0 Å². The summed E-state index contributed by atoms with van der Waals surface area (Å²) in [6.07, 6.45) is 13.0. The van der Waals surface area contributed by atoms with Crippen LogP contribution in [0.5, 0.6) is 0 Å². The van der Waals surface area contributed by atoms with Crippen LogP contribution in [0.25, 0.3) is 0 Å². The zero-order valence-electron chi connectivity index (χ0n) is 9.93. The molecule has 0 spiro atoms. The zero-order valence-corrected chi connectivity index (χ0v) is 9.93. The van der Waals surface area contributed by atoms with Crippen molar-refractivity contribution < 1.29 is 4.79 Å². The maximum Gasteiger partial charge on any atom is 0.122 e. The minimum absolute atomic E-state index is 0.273. The largest absolute Gasteiger partial charge is 0.303 e. The molecule has 0 saturated heterocycles. The Morgan fingerprint density at radius 1 is 0.929 bits per heavy atom. The van der Waals surface area contributed by atoms with E-state index in [2.05, 4.69) is 6.92 Å². The molecule has 0 aromatic heterocycles. The first-order chi connectivity index (χ1) is 6.81. The van der Waals surface area contributed by atoms with Gasteiger partial charge in [0.15, 0.2) is 0 Å². The van der Waals surface area contributed by atoms with Crippen molar-refractivity contribution in [3.63, 3.8) is 0 Å². The van der Waals surface area contributed by atoms with Gasteiger partial charge in [-0.3, -0.25) is 0 Å². The first kappa shape index (κ1) is 13.7. The molecule has 0 heterocycles. The lowest BCUT2D eigenvalue weighted by Gasteiger charge is -2.03. The lowest BCUT2D eigenvalue weighted by atomic mass is 10.0. The predicted molar refractivity (Wildman–Crippen MR) is 62.5 cm³/mol. The second-order valence-electron chi connectivity index (χ2n) is 4.38. The Kier molecular flexibility index (Phi) is 10.5. The Labute approximate surface area is 89.3 Å². The Morgan fingerprint density at radius 2 is 1.43 bits per heavy atom. The highest BCUT2D eigenvalue weighted by Crippen LogP contribution is 2.11. The molecule has 0 radical (unpaired) electrons. The van der Waals surface area contributed by atoms with Crippen LogP contribution in [-0.4, -0.2) is 6.29 Å². The number of hydrogen-bond acceptors (Lipinski definition) is 1. The van der Waals surface area contributed by atoms with Crippen molar-refractivity contribution in [3.05, 3.63) is 0 Å². The second-order valence-corrected chi connectivity index (χ2v) is 4.38. The van der Waals surface area contributed by atoms with Gasteiger partial charge in [-0.25, -0.2) is 0 Å². The van der Waals surface area contributed by atoms with E-state index in [0.717, 1.165) is 12.7 Å². The van der Waals surface area contributed by atoms with Gasteiger partial charge >= 0.3 is 0 Å². The highest BCUT2D eigenvalue weighted by atomic mass is 16.1. The van der Waals surface area contributed by atoms with Crippen LogP contribution in [-0.2, 0) is 4.79 Å². The van der Waals surface area contributed by atoms with Crippen LogP contribution in [0.15, 0.2) is 0 Å². The molecular weight excluding hydrogens is 172 g/mol. The fourth-order valence-electron chi connectivity index (χ4n) is 1.67. The zero-order chi connectivity index (χ0) is 10.6. The van der Waals surface area contributed by atoms with Gasteiger partial charge in [-0.1, -0.05) is 65.2 Å². The van der Waals surface area contributed by atoms with Crippen LogP contribution in [0.3, 0.4) is 0 Å². The molecule has 0 N–H and O–H groups in total. The van der Waals surface area contributed by atoms with Crippen molar-refractivity contribution in [2.75, 3.05) is 0 Å². The van der Waals surface area contributed by atoms with Crippen molar-refractivity contribution in [2.45, 2.75) is 71.6 Å². The fraction of sp³-hybridized carbons (Fsp3) is 0.923. The first-order valence-corrected chi connectivity index (χ1v) is 6.26. The van der Waals surface area contributed by atoms with Crippen molar-refractivity contribution in [1.29, 1.82) is 0 Å². The number of carbonyl (C=O) groups excluding carboxylic acids is 1. The van der Waals surface area contributed by atoms with Gasteiger partial charge in [0, 0.05) is 5.92 Å². The summed E-state index contributed by atoms with van der Waals surface area (Å²) in [6, 6.07) is 0. The van der Waals surface area contributed by atoms with E-state index in [0.29, 0.717) is 0 Å². The van der Waals surface area contributed by atoms with E-state index in [-0.39, 0.29) is 5.92 Å². The lowest BCUT2D eigenvalue weighted by Crippen LogP contribution is -1.94. The quantitative estimate of drug-likeness (QED) is 0.377. The van der Waals surface area contributed by atoms with Crippen LogP contribution >= 0.6 is 0 Å². The van der Waals surface area contributed by atoms with Crippen LogP contribution in [0, 0.1) is 5.92 Å². The number of hydrogen-bond donors (Lipinski definition) is 0. The summed E-state index contributed by atoms with van der Waals surface area (Å²) in [7, 11) is 0. The predicted octanol–water partition coefficient (Wildman–Crippen LogP) is 4.35. The van der Waals surface area contributed by atoms with E-state index in [9.17, 15) is 4.79 Å². The van der Waals surface area contributed by atoms with E-state index in [1.807, 2.05) is 6.92 Å². The molecule has 1 atom stereocenters. The molecule has 84 valence electrons. The lowest BCUT2D eigenvalue weighted by molar-refractivity contribution is -0.110. The SMILES string of the molecule is CCCCCCCCCC[C@H](C)C=O. The molecule has 0 unspecified atom stereocenters. The monoisotopic (exact) mass is 198 g/mol. The van der Waals surface area contributed by atoms with Gasteiger partial charge in [0.25, 0.3) is 0 Å². The molecular formula is C13H26O. The van der Waals surface area contributed by atoms with Crippen molar-refractivity contribution >= 4 is 6.29 Å². The topological polar surface area (TPSA) is 17.1 Å². The smallest absolute Gasteiger partial charge is 0.122 e. The molecule has 0 bridgehead atoms. The minimum Gasteiger partial charge on any atom is -0.303 e. The van der Waals surface area contributed by atoms with E-state index in [1.165, 1.54) is 51.4 Å². The normalized spacial score (nSPS) is 12.7. The first-order valence-electron chi connectivity index (χ1n) is 6.26. The third-order valence-electron chi connectivity index (χ3n) is 2.75. The van der Waals surface area contributed by atoms with Gasteiger partial charge in [-0.05, 0) is 6.42 Å². The van der Waals surface area contributed by atoms with Gasteiger partial charge in [-0.2, -0.15) is 0 Å². The highest BCUT2D eigenvalue weighted by Gasteiger charge is 1.98. The summed E-state index contributed by atoms with van der Waals surface area (Å²) < 4.78 is 0. The third-order valence-corrected chi connectivity index (χ3v) is 2.75. The van der Waals surface area contributed by atoms with Gasteiger partial charge in [-0.15, -0.1) is 0 Å². The molecule has 1 heteroatoms. The maximum absolute atomic E-state index is 10.3. The second kappa shape index (κ2) is 10.7. The Balaban J connectivity index is 2.95. The fourth-order valence-corrected chi connectivity index (χ4v) is 1.67. The summed E-state index contributed by atoms with van der Waals surface area (Å²) in [5.74, 6) is 0.273.